The number of amides is 2. The van der Waals surface area contributed by atoms with Crippen LogP contribution in [0.2, 0.25) is 0 Å². The maximum atomic E-state index is 13.7. The van der Waals surface area contributed by atoms with E-state index in [9.17, 15) is 9.59 Å². The number of aryl methyl sites for hydroxylation is 2. The summed E-state index contributed by atoms with van der Waals surface area (Å²) >= 11 is 0. The van der Waals surface area contributed by atoms with Crippen LogP contribution < -0.4 is 4.90 Å². The van der Waals surface area contributed by atoms with Crippen LogP contribution in [-0.4, -0.2) is 64.3 Å². The molecule has 2 aliphatic heterocycles. The van der Waals surface area contributed by atoms with E-state index in [4.69, 9.17) is 0 Å². The summed E-state index contributed by atoms with van der Waals surface area (Å²) < 4.78 is 0. The third-order valence-corrected chi connectivity index (χ3v) is 6.66. The van der Waals surface area contributed by atoms with E-state index >= 15 is 0 Å². The van der Waals surface area contributed by atoms with Crippen LogP contribution in [0, 0.1) is 13.8 Å². The van der Waals surface area contributed by atoms with Crippen molar-refractivity contribution < 1.29 is 9.59 Å². The molecule has 1 aromatic carbocycles. The fourth-order valence-electron chi connectivity index (χ4n) is 4.91. The van der Waals surface area contributed by atoms with Gasteiger partial charge >= 0.3 is 0 Å². The van der Waals surface area contributed by atoms with E-state index in [1.807, 2.05) is 62.2 Å². The monoisotopic (exact) mass is 435 g/mol. The number of rotatable bonds is 5. The Balaban J connectivity index is 1.48. The van der Waals surface area contributed by atoms with Gasteiger partial charge in [0, 0.05) is 50.9 Å². The highest BCUT2D eigenvalue weighted by Gasteiger charge is 2.37. The van der Waals surface area contributed by atoms with Gasteiger partial charge in [-0.2, -0.15) is 0 Å². The van der Waals surface area contributed by atoms with Gasteiger partial charge in [-0.05, 0) is 45.1 Å². The van der Waals surface area contributed by atoms with Crippen molar-refractivity contribution in [1.82, 2.24) is 19.8 Å². The number of likely N-dealkylation sites (tertiary alicyclic amines) is 1. The molecule has 7 heteroatoms. The Morgan fingerprint density at radius 2 is 1.78 bits per heavy atom. The number of carbonyl (C=O) groups excluding carboxylic acids is 2. The fraction of sp³-hybridized carbons (Fsp3) is 0.520. The van der Waals surface area contributed by atoms with Gasteiger partial charge in [0.1, 0.15) is 17.7 Å². The summed E-state index contributed by atoms with van der Waals surface area (Å²) in [5.41, 5.74) is 1.86. The molecule has 0 spiro atoms. The van der Waals surface area contributed by atoms with E-state index in [2.05, 4.69) is 14.9 Å². The molecule has 170 valence electrons. The molecule has 1 atom stereocenters. The molecule has 2 fully saturated rings. The van der Waals surface area contributed by atoms with Crippen molar-refractivity contribution in [3.63, 3.8) is 0 Å². The third-order valence-electron chi connectivity index (χ3n) is 6.66. The number of benzene rings is 1. The van der Waals surface area contributed by atoms with Crippen LogP contribution in [0.5, 0.6) is 0 Å². The van der Waals surface area contributed by atoms with Crippen molar-refractivity contribution >= 4 is 17.6 Å². The largest absolute Gasteiger partial charge is 0.356 e. The second-order valence-electron chi connectivity index (χ2n) is 8.94. The number of nitrogens with zero attached hydrogens (tertiary/aromatic N) is 5. The molecule has 0 bridgehead atoms. The van der Waals surface area contributed by atoms with Crippen molar-refractivity contribution in [2.24, 2.45) is 0 Å². The highest BCUT2D eigenvalue weighted by molar-refractivity contribution is 5.89. The summed E-state index contributed by atoms with van der Waals surface area (Å²) in [6, 6.07) is 11.4. The van der Waals surface area contributed by atoms with Gasteiger partial charge in [-0.15, -0.1) is 0 Å². The maximum absolute atomic E-state index is 13.7. The fourth-order valence-corrected chi connectivity index (χ4v) is 4.91. The Kier molecular flexibility index (Phi) is 6.72. The molecule has 2 aromatic rings. The molecule has 2 aliphatic rings. The molecule has 4 rings (SSSR count). The maximum Gasteiger partial charge on any atom is 0.250 e. The standard InChI is InChI=1S/C25H33N5O2/c1-18-17-22(27-19(2)26-18)29-15-12-21(13-16-29)28(3)25(32)24(20-9-5-4-6-10-20)30-14-8-7-11-23(30)31/h4-6,9-10,17,21,24H,7-8,11-16H2,1-3H3. The van der Waals surface area contributed by atoms with Crippen LogP contribution >= 0.6 is 0 Å². The summed E-state index contributed by atoms with van der Waals surface area (Å²) in [4.78, 5) is 41.3. The SMILES string of the molecule is Cc1cc(N2CCC(N(C)C(=O)C(c3ccccc3)N3CCCCC3=O)CC2)nc(C)n1. The Bertz CT molecular complexity index is 936. The molecule has 7 nitrogen and oxygen atoms in total. The number of hydrogen-bond acceptors (Lipinski definition) is 5. The number of carbonyl (C=O) groups is 2. The Morgan fingerprint density at radius 1 is 1.06 bits per heavy atom. The first-order chi connectivity index (χ1) is 15.4. The quantitative estimate of drug-likeness (QED) is 0.721. The average Bonchev–Trinajstić information content (AvgIpc) is 2.80. The zero-order valence-electron chi connectivity index (χ0n) is 19.3. The highest BCUT2D eigenvalue weighted by Crippen LogP contribution is 2.29. The minimum absolute atomic E-state index is 0.0126. The molecule has 32 heavy (non-hydrogen) atoms. The molecule has 0 saturated carbocycles. The van der Waals surface area contributed by atoms with Crippen molar-refractivity contribution in [3.05, 3.63) is 53.5 Å². The van der Waals surface area contributed by atoms with Gasteiger partial charge in [0.15, 0.2) is 0 Å². The van der Waals surface area contributed by atoms with Gasteiger partial charge in [0.05, 0.1) is 0 Å². The number of piperidine rings is 2. The number of anilines is 1. The first kappa shape index (κ1) is 22.2. The van der Waals surface area contributed by atoms with E-state index in [0.29, 0.717) is 13.0 Å². The number of aromatic nitrogens is 2. The lowest BCUT2D eigenvalue weighted by Crippen LogP contribution is -2.51. The summed E-state index contributed by atoms with van der Waals surface area (Å²) in [6.07, 6.45) is 4.12. The van der Waals surface area contributed by atoms with Crippen LogP contribution in [0.25, 0.3) is 0 Å². The smallest absolute Gasteiger partial charge is 0.250 e. The van der Waals surface area contributed by atoms with Crippen LogP contribution in [0.15, 0.2) is 36.4 Å². The predicted octanol–water partition coefficient (Wildman–Crippen LogP) is 3.27. The van der Waals surface area contributed by atoms with E-state index in [-0.39, 0.29) is 17.9 Å². The van der Waals surface area contributed by atoms with E-state index in [0.717, 1.165) is 61.7 Å². The van der Waals surface area contributed by atoms with Gasteiger partial charge in [0.2, 0.25) is 11.8 Å². The van der Waals surface area contributed by atoms with Crippen molar-refractivity contribution in [2.75, 3.05) is 31.6 Å². The van der Waals surface area contributed by atoms with Crippen LogP contribution in [0.1, 0.15) is 55.2 Å². The third kappa shape index (κ3) is 4.76. The van der Waals surface area contributed by atoms with Gasteiger partial charge < -0.3 is 14.7 Å². The lowest BCUT2D eigenvalue weighted by atomic mass is 9.97. The average molecular weight is 436 g/mol. The van der Waals surface area contributed by atoms with Gasteiger partial charge in [-0.1, -0.05) is 30.3 Å². The Morgan fingerprint density at radius 3 is 2.44 bits per heavy atom. The van der Waals surface area contributed by atoms with Gasteiger partial charge in [-0.3, -0.25) is 9.59 Å². The molecular formula is C25H33N5O2. The number of likely N-dealkylation sites (N-methyl/N-ethyl adjacent to an activating group) is 1. The van der Waals surface area contributed by atoms with E-state index < -0.39 is 6.04 Å². The molecule has 2 saturated heterocycles. The summed E-state index contributed by atoms with van der Waals surface area (Å²) in [6.45, 7) is 6.24. The Hall–Kier alpha value is -2.96. The zero-order valence-corrected chi connectivity index (χ0v) is 19.3. The molecule has 0 aliphatic carbocycles. The highest BCUT2D eigenvalue weighted by atomic mass is 16.2. The van der Waals surface area contributed by atoms with Gasteiger partial charge in [0.25, 0.3) is 0 Å². The minimum atomic E-state index is -0.542. The first-order valence-electron chi connectivity index (χ1n) is 11.6. The molecule has 1 unspecified atom stereocenters. The molecule has 0 N–H and O–H groups in total. The molecule has 0 radical (unpaired) electrons. The summed E-state index contributed by atoms with van der Waals surface area (Å²) in [5.74, 6) is 1.84. The first-order valence-corrected chi connectivity index (χ1v) is 11.6. The molecule has 1 aromatic heterocycles. The lowest BCUT2D eigenvalue weighted by Gasteiger charge is -2.41. The zero-order chi connectivity index (χ0) is 22.7. The van der Waals surface area contributed by atoms with Crippen molar-refractivity contribution in [3.8, 4) is 0 Å². The van der Waals surface area contributed by atoms with Crippen molar-refractivity contribution in [1.29, 1.82) is 0 Å². The number of hydrogen-bond donors (Lipinski definition) is 0. The summed E-state index contributed by atoms with van der Waals surface area (Å²) in [5, 5.41) is 0. The second kappa shape index (κ2) is 9.67. The van der Waals surface area contributed by atoms with Crippen LogP contribution in [0.3, 0.4) is 0 Å². The van der Waals surface area contributed by atoms with E-state index in [1.165, 1.54) is 0 Å². The Labute approximate surface area is 190 Å². The topological polar surface area (TPSA) is 69.6 Å². The minimum Gasteiger partial charge on any atom is -0.356 e. The predicted molar refractivity (Wildman–Crippen MR) is 124 cm³/mol. The van der Waals surface area contributed by atoms with Crippen LogP contribution in [-0.2, 0) is 9.59 Å². The molecular weight excluding hydrogens is 402 g/mol. The second-order valence-corrected chi connectivity index (χ2v) is 8.94. The van der Waals surface area contributed by atoms with E-state index in [1.54, 1.807) is 4.90 Å². The summed E-state index contributed by atoms with van der Waals surface area (Å²) in [7, 11) is 1.89. The van der Waals surface area contributed by atoms with Gasteiger partial charge in [-0.25, -0.2) is 9.97 Å². The lowest BCUT2D eigenvalue weighted by molar-refractivity contribution is -0.148. The van der Waals surface area contributed by atoms with Crippen molar-refractivity contribution in [2.45, 2.75) is 58.0 Å². The van der Waals surface area contributed by atoms with Crippen LogP contribution in [0.4, 0.5) is 5.82 Å². The molecule has 3 heterocycles. The normalized spacial score (nSPS) is 18.5. The molecule has 2 amide bonds.